The Morgan fingerprint density at radius 2 is 1.41 bits per heavy atom. The first-order valence-corrected chi connectivity index (χ1v) is 10.0. The summed E-state index contributed by atoms with van der Waals surface area (Å²) < 4.78 is 21.8. The van der Waals surface area contributed by atoms with Gasteiger partial charge in [0.2, 0.25) is 0 Å². The number of ether oxygens (including phenoxy) is 2. The zero-order valence-corrected chi connectivity index (χ0v) is 15.8. The van der Waals surface area contributed by atoms with Crippen molar-refractivity contribution in [3.63, 3.8) is 0 Å². The van der Waals surface area contributed by atoms with Crippen LogP contribution in [-0.2, 0) is 43.1 Å². The third-order valence-electron chi connectivity index (χ3n) is 3.71. The summed E-state index contributed by atoms with van der Waals surface area (Å²) in [6.07, 6.45) is 0.706. The van der Waals surface area contributed by atoms with E-state index < -0.39 is 40.5 Å². The van der Waals surface area contributed by atoms with E-state index in [4.69, 9.17) is 9.47 Å². The van der Waals surface area contributed by atoms with Crippen LogP contribution in [0.15, 0.2) is 60.7 Å². The second-order valence-corrected chi connectivity index (χ2v) is 7.57. The molecular formula is C20H22O6S. The first-order chi connectivity index (χ1) is 12.9. The van der Waals surface area contributed by atoms with Gasteiger partial charge >= 0.3 is 11.9 Å². The highest BCUT2D eigenvalue weighted by molar-refractivity contribution is 7.84. The molecule has 0 aliphatic rings. The van der Waals surface area contributed by atoms with Crippen LogP contribution in [0.3, 0.4) is 0 Å². The molecule has 0 radical (unpaired) electrons. The largest absolute Gasteiger partial charge is 0.461 e. The van der Waals surface area contributed by atoms with Gasteiger partial charge in [0.1, 0.15) is 13.2 Å². The molecule has 2 rings (SSSR count). The molecular weight excluding hydrogens is 368 g/mol. The third-order valence-corrected chi connectivity index (χ3v) is 4.60. The van der Waals surface area contributed by atoms with Crippen LogP contribution in [0.2, 0.25) is 0 Å². The monoisotopic (exact) mass is 390 g/mol. The summed E-state index contributed by atoms with van der Waals surface area (Å²) in [4.78, 5) is 24.5. The highest BCUT2D eigenvalue weighted by atomic mass is 32.2. The number of aliphatic hydroxyl groups is 1. The average Bonchev–Trinajstić information content (AvgIpc) is 2.65. The van der Waals surface area contributed by atoms with Crippen LogP contribution in [0.5, 0.6) is 0 Å². The highest BCUT2D eigenvalue weighted by Gasteiger charge is 2.41. The van der Waals surface area contributed by atoms with E-state index in [2.05, 4.69) is 0 Å². The van der Waals surface area contributed by atoms with Crippen molar-refractivity contribution in [3.8, 4) is 0 Å². The van der Waals surface area contributed by atoms with Crippen molar-refractivity contribution < 1.29 is 28.4 Å². The van der Waals surface area contributed by atoms with E-state index in [1.807, 2.05) is 12.1 Å². The third kappa shape index (κ3) is 6.96. The maximum absolute atomic E-state index is 12.4. The molecule has 27 heavy (non-hydrogen) atoms. The van der Waals surface area contributed by atoms with E-state index in [-0.39, 0.29) is 13.2 Å². The molecule has 0 fully saturated rings. The van der Waals surface area contributed by atoms with Gasteiger partial charge in [0.15, 0.2) is 5.60 Å². The van der Waals surface area contributed by atoms with Crippen LogP contribution in [0.25, 0.3) is 0 Å². The first-order valence-electron chi connectivity index (χ1n) is 8.32. The van der Waals surface area contributed by atoms with Gasteiger partial charge in [0.25, 0.3) is 0 Å². The molecule has 0 aliphatic carbocycles. The number of carbonyl (C=O) groups excluding carboxylic acids is 2. The van der Waals surface area contributed by atoms with Crippen molar-refractivity contribution in [2.45, 2.75) is 25.2 Å². The quantitative estimate of drug-likeness (QED) is 0.659. The lowest BCUT2D eigenvalue weighted by Crippen LogP contribution is -2.47. The van der Waals surface area contributed by atoms with E-state index >= 15 is 0 Å². The second kappa shape index (κ2) is 9.99. The molecule has 0 saturated heterocycles. The van der Waals surface area contributed by atoms with Gasteiger partial charge in [0, 0.05) is 17.1 Å². The van der Waals surface area contributed by atoms with Crippen molar-refractivity contribution in [2.75, 3.05) is 12.0 Å². The van der Waals surface area contributed by atoms with Crippen molar-refractivity contribution in [2.24, 2.45) is 0 Å². The van der Waals surface area contributed by atoms with Crippen LogP contribution < -0.4 is 0 Å². The molecule has 2 atom stereocenters. The van der Waals surface area contributed by atoms with Gasteiger partial charge in [-0.3, -0.25) is 9.00 Å². The Kier molecular flexibility index (Phi) is 7.69. The Hall–Kier alpha value is -2.51. The van der Waals surface area contributed by atoms with E-state index in [1.54, 1.807) is 48.5 Å². The molecule has 144 valence electrons. The van der Waals surface area contributed by atoms with Crippen molar-refractivity contribution in [1.82, 2.24) is 0 Å². The Morgan fingerprint density at radius 1 is 0.926 bits per heavy atom. The first kappa shape index (κ1) is 20.8. The van der Waals surface area contributed by atoms with Gasteiger partial charge in [-0.2, -0.15) is 0 Å². The number of esters is 2. The standard InChI is InChI=1S/C20H22O6S/c1-27(24)15-20(23,19(22)26-14-17-10-6-3-7-11-17)12-18(21)25-13-16-8-4-2-5-9-16/h2-11,23H,12-15H2,1H3/t20-,27+/m0/s1. The predicted molar refractivity (Wildman–Crippen MR) is 101 cm³/mol. The van der Waals surface area contributed by atoms with E-state index in [9.17, 15) is 18.9 Å². The van der Waals surface area contributed by atoms with Crippen LogP contribution in [0.4, 0.5) is 0 Å². The molecule has 0 aromatic heterocycles. The predicted octanol–water partition coefficient (Wildman–Crippen LogP) is 1.97. The van der Waals surface area contributed by atoms with Gasteiger partial charge < -0.3 is 14.6 Å². The summed E-state index contributed by atoms with van der Waals surface area (Å²) in [5.74, 6) is -2.19. The summed E-state index contributed by atoms with van der Waals surface area (Å²) in [6, 6.07) is 17.9. The lowest BCUT2D eigenvalue weighted by atomic mass is 10.0. The van der Waals surface area contributed by atoms with Crippen molar-refractivity contribution in [3.05, 3.63) is 71.8 Å². The lowest BCUT2D eigenvalue weighted by Gasteiger charge is -2.24. The SMILES string of the molecule is C[S@@](=O)C[C@@](O)(CC(=O)OCc1ccccc1)C(=O)OCc1ccccc1. The summed E-state index contributed by atoms with van der Waals surface area (Å²) in [5.41, 5.74) is -0.695. The van der Waals surface area contributed by atoms with Gasteiger partial charge in [-0.15, -0.1) is 0 Å². The smallest absolute Gasteiger partial charge is 0.340 e. The van der Waals surface area contributed by atoms with Crippen molar-refractivity contribution >= 4 is 22.7 Å². The normalized spacial score (nSPS) is 14.0. The van der Waals surface area contributed by atoms with Gasteiger partial charge in [0.05, 0.1) is 12.2 Å². The Bertz CT molecular complexity index is 778. The molecule has 1 N–H and O–H groups in total. The summed E-state index contributed by atoms with van der Waals surface area (Å²) in [6.45, 7) is -0.0403. The van der Waals surface area contributed by atoms with E-state index in [1.165, 1.54) is 6.26 Å². The zero-order chi connectivity index (χ0) is 19.7. The molecule has 0 saturated carbocycles. The van der Waals surface area contributed by atoms with Gasteiger partial charge in [-0.1, -0.05) is 60.7 Å². The Balaban J connectivity index is 1.97. The molecule has 0 aliphatic heterocycles. The molecule has 0 unspecified atom stereocenters. The molecule has 7 heteroatoms. The van der Waals surface area contributed by atoms with Crippen LogP contribution in [0.1, 0.15) is 17.5 Å². The fourth-order valence-electron chi connectivity index (χ4n) is 2.40. The maximum Gasteiger partial charge on any atom is 0.340 e. The molecule has 0 heterocycles. The fraction of sp³-hybridized carbons (Fsp3) is 0.300. The lowest BCUT2D eigenvalue weighted by molar-refractivity contribution is -0.171. The Morgan fingerprint density at radius 3 is 1.89 bits per heavy atom. The highest BCUT2D eigenvalue weighted by Crippen LogP contribution is 2.17. The Labute approximate surface area is 160 Å². The molecule has 6 nitrogen and oxygen atoms in total. The summed E-state index contributed by atoms with van der Waals surface area (Å²) in [5, 5.41) is 10.6. The van der Waals surface area contributed by atoms with E-state index in [0.29, 0.717) is 0 Å². The summed E-state index contributed by atoms with van der Waals surface area (Å²) in [7, 11) is -1.52. The average molecular weight is 390 g/mol. The number of benzene rings is 2. The van der Waals surface area contributed by atoms with Crippen LogP contribution in [0, 0.1) is 0 Å². The topological polar surface area (TPSA) is 89.9 Å². The molecule has 0 spiro atoms. The minimum atomic E-state index is -2.21. The summed E-state index contributed by atoms with van der Waals surface area (Å²) >= 11 is 0. The van der Waals surface area contributed by atoms with Gasteiger partial charge in [-0.25, -0.2) is 4.79 Å². The minimum absolute atomic E-state index is 0.0179. The zero-order valence-electron chi connectivity index (χ0n) is 15.0. The fourth-order valence-corrected chi connectivity index (χ4v) is 3.30. The number of hydrogen-bond donors (Lipinski definition) is 1. The maximum atomic E-state index is 12.4. The van der Waals surface area contributed by atoms with E-state index in [0.717, 1.165) is 11.1 Å². The number of carbonyl (C=O) groups is 2. The number of hydrogen-bond acceptors (Lipinski definition) is 6. The second-order valence-electron chi connectivity index (χ2n) is 6.13. The number of rotatable bonds is 9. The van der Waals surface area contributed by atoms with Crippen LogP contribution in [-0.4, -0.2) is 38.9 Å². The van der Waals surface area contributed by atoms with Crippen molar-refractivity contribution in [1.29, 1.82) is 0 Å². The van der Waals surface area contributed by atoms with Gasteiger partial charge in [-0.05, 0) is 11.1 Å². The molecule has 0 bridgehead atoms. The molecule has 2 aromatic carbocycles. The molecule has 0 amide bonds. The minimum Gasteiger partial charge on any atom is -0.461 e. The molecule has 2 aromatic rings. The van der Waals surface area contributed by atoms with Crippen LogP contribution >= 0.6 is 0 Å².